The van der Waals surface area contributed by atoms with Gasteiger partial charge >= 0.3 is 0 Å². The highest BCUT2D eigenvalue weighted by Crippen LogP contribution is 2.28. The van der Waals surface area contributed by atoms with Crippen molar-refractivity contribution in [3.63, 3.8) is 0 Å². The fourth-order valence-electron chi connectivity index (χ4n) is 3.16. The second-order valence-corrected chi connectivity index (χ2v) is 7.98. The third-order valence-corrected chi connectivity index (χ3v) is 6.66. The van der Waals surface area contributed by atoms with E-state index in [1.807, 2.05) is 12.1 Å². The average Bonchev–Trinajstić information content (AvgIpc) is 2.62. The van der Waals surface area contributed by atoms with Gasteiger partial charge in [-0.25, -0.2) is 0 Å². The van der Waals surface area contributed by atoms with Crippen molar-refractivity contribution in [3.05, 3.63) is 60.7 Å². The molecule has 0 N–H and O–H groups in total. The first-order valence-electron chi connectivity index (χ1n) is 8.18. The van der Waals surface area contributed by atoms with E-state index in [0.29, 0.717) is 17.5 Å². The maximum atomic E-state index is 12.8. The molecular formula is C20H23OS+. The molecule has 1 fully saturated rings. The van der Waals surface area contributed by atoms with Crippen LogP contribution in [0.4, 0.5) is 0 Å². The molecule has 1 aliphatic carbocycles. The summed E-state index contributed by atoms with van der Waals surface area (Å²) in [6, 6.07) is 21.0. The summed E-state index contributed by atoms with van der Waals surface area (Å²) in [4.78, 5) is 15.3. The first-order chi connectivity index (χ1) is 10.8. The van der Waals surface area contributed by atoms with Crippen LogP contribution in [0.1, 0.15) is 32.1 Å². The molecule has 22 heavy (non-hydrogen) atoms. The van der Waals surface area contributed by atoms with Crippen molar-refractivity contribution < 1.29 is 4.79 Å². The zero-order chi connectivity index (χ0) is 15.2. The first-order valence-corrected chi connectivity index (χ1v) is 9.57. The van der Waals surface area contributed by atoms with E-state index >= 15 is 0 Å². The van der Waals surface area contributed by atoms with Gasteiger partial charge in [-0.2, -0.15) is 0 Å². The Bertz CT molecular complexity index is 548. The quantitative estimate of drug-likeness (QED) is 0.720. The van der Waals surface area contributed by atoms with Gasteiger partial charge in [-0.3, -0.25) is 4.79 Å². The van der Waals surface area contributed by atoms with Gasteiger partial charge in [0.2, 0.25) is 0 Å². The molecule has 0 spiro atoms. The highest BCUT2D eigenvalue weighted by atomic mass is 32.2. The number of hydrogen-bond acceptors (Lipinski definition) is 1. The van der Waals surface area contributed by atoms with Gasteiger partial charge in [0.05, 0.1) is 10.9 Å². The number of carbonyl (C=O) groups is 1. The molecule has 1 aliphatic rings. The minimum atomic E-state index is -0.133. The van der Waals surface area contributed by atoms with Crippen LogP contribution in [0.5, 0.6) is 0 Å². The van der Waals surface area contributed by atoms with E-state index in [1.54, 1.807) is 0 Å². The van der Waals surface area contributed by atoms with E-state index in [9.17, 15) is 4.79 Å². The van der Waals surface area contributed by atoms with Crippen molar-refractivity contribution in [1.82, 2.24) is 0 Å². The van der Waals surface area contributed by atoms with Crippen LogP contribution in [0, 0.1) is 5.92 Å². The molecule has 2 aromatic rings. The summed E-state index contributed by atoms with van der Waals surface area (Å²) < 4.78 is 0. The van der Waals surface area contributed by atoms with Gasteiger partial charge in [0.15, 0.2) is 21.3 Å². The number of benzene rings is 2. The van der Waals surface area contributed by atoms with Crippen LogP contribution in [0.25, 0.3) is 0 Å². The predicted octanol–water partition coefficient (Wildman–Crippen LogP) is 4.87. The smallest absolute Gasteiger partial charge is 0.185 e. The molecule has 0 atom stereocenters. The molecule has 3 rings (SSSR count). The largest absolute Gasteiger partial charge is 0.294 e. The van der Waals surface area contributed by atoms with Gasteiger partial charge < -0.3 is 0 Å². The third kappa shape index (κ3) is 3.80. The summed E-state index contributed by atoms with van der Waals surface area (Å²) >= 11 is 0. The Hall–Kier alpha value is -1.54. The van der Waals surface area contributed by atoms with Crippen molar-refractivity contribution in [3.8, 4) is 0 Å². The Morgan fingerprint density at radius 3 is 1.82 bits per heavy atom. The summed E-state index contributed by atoms with van der Waals surface area (Å²) in [7, 11) is -0.133. The summed E-state index contributed by atoms with van der Waals surface area (Å²) in [5.74, 6) is 1.44. The van der Waals surface area contributed by atoms with Crippen LogP contribution >= 0.6 is 0 Å². The molecule has 2 heteroatoms. The van der Waals surface area contributed by atoms with Crippen LogP contribution in [-0.2, 0) is 15.7 Å². The summed E-state index contributed by atoms with van der Waals surface area (Å²) in [5.41, 5.74) is 0. The van der Waals surface area contributed by atoms with Crippen LogP contribution in [0.3, 0.4) is 0 Å². The Balaban J connectivity index is 1.81. The van der Waals surface area contributed by atoms with Crippen molar-refractivity contribution in [1.29, 1.82) is 0 Å². The molecule has 0 heterocycles. The standard InChI is InChI=1S/C20H23OS/c21-20(17-10-4-1-5-11-17)16-22(18-12-6-2-7-13-18)19-14-8-3-9-15-19/h2-3,6-9,12-15,17H,1,4-5,10-11,16H2/q+1. The molecular weight excluding hydrogens is 288 g/mol. The molecule has 0 aliphatic heterocycles. The second kappa shape index (κ2) is 7.64. The van der Waals surface area contributed by atoms with Crippen molar-refractivity contribution in [2.75, 3.05) is 5.75 Å². The summed E-state index contributed by atoms with van der Waals surface area (Å²) in [6.45, 7) is 0. The minimum Gasteiger partial charge on any atom is -0.294 e. The van der Waals surface area contributed by atoms with Crippen LogP contribution in [-0.4, -0.2) is 11.5 Å². The van der Waals surface area contributed by atoms with E-state index in [1.165, 1.54) is 29.1 Å². The van der Waals surface area contributed by atoms with Crippen molar-refractivity contribution >= 4 is 16.7 Å². The predicted molar refractivity (Wildman–Crippen MR) is 93.2 cm³/mol. The van der Waals surface area contributed by atoms with Gasteiger partial charge in [0, 0.05) is 5.92 Å². The molecule has 0 amide bonds. The fraction of sp³-hybridized carbons (Fsp3) is 0.350. The Morgan fingerprint density at radius 2 is 1.32 bits per heavy atom. The third-order valence-electron chi connectivity index (χ3n) is 4.40. The number of hydrogen-bond donors (Lipinski definition) is 0. The average molecular weight is 311 g/mol. The van der Waals surface area contributed by atoms with E-state index in [2.05, 4.69) is 48.5 Å². The second-order valence-electron chi connectivity index (χ2n) is 5.96. The lowest BCUT2D eigenvalue weighted by Gasteiger charge is -2.20. The van der Waals surface area contributed by atoms with E-state index in [4.69, 9.17) is 0 Å². The SMILES string of the molecule is O=C(C[S+](c1ccccc1)c1ccccc1)C1CCCCC1. The highest BCUT2D eigenvalue weighted by Gasteiger charge is 2.32. The lowest BCUT2D eigenvalue weighted by Crippen LogP contribution is -2.26. The van der Waals surface area contributed by atoms with Gasteiger partial charge in [0.25, 0.3) is 0 Å². The maximum Gasteiger partial charge on any atom is 0.185 e. The Kier molecular flexibility index (Phi) is 5.33. The van der Waals surface area contributed by atoms with Crippen LogP contribution < -0.4 is 0 Å². The monoisotopic (exact) mass is 311 g/mol. The summed E-state index contributed by atoms with van der Waals surface area (Å²) in [5, 5.41) is 0. The summed E-state index contributed by atoms with van der Waals surface area (Å²) in [6.07, 6.45) is 5.94. The Labute approximate surface area is 136 Å². The normalized spacial score (nSPS) is 15.9. The molecule has 0 saturated heterocycles. The van der Waals surface area contributed by atoms with E-state index < -0.39 is 0 Å². The fourth-order valence-corrected chi connectivity index (χ4v) is 5.25. The maximum absolute atomic E-state index is 12.8. The number of Topliss-reactive ketones (excluding diaryl/α,β-unsaturated/α-hetero) is 1. The molecule has 1 nitrogen and oxygen atoms in total. The van der Waals surface area contributed by atoms with Crippen molar-refractivity contribution in [2.24, 2.45) is 5.92 Å². The van der Waals surface area contributed by atoms with E-state index in [0.717, 1.165) is 12.8 Å². The topological polar surface area (TPSA) is 17.1 Å². The van der Waals surface area contributed by atoms with Crippen LogP contribution in [0.2, 0.25) is 0 Å². The molecule has 1 saturated carbocycles. The van der Waals surface area contributed by atoms with E-state index in [-0.39, 0.29) is 10.9 Å². The van der Waals surface area contributed by atoms with Gasteiger partial charge in [-0.05, 0) is 37.1 Å². The van der Waals surface area contributed by atoms with Gasteiger partial charge in [0.1, 0.15) is 0 Å². The molecule has 2 aromatic carbocycles. The molecule has 0 bridgehead atoms. The number of rotatable bonds is 5. The number of ketones is 1. The molecule has 114 valence electrons. The lowest BCUT2D eigenvalue weighted by molar-refractivity contribution is -0.121. The zero-order valence-corrected chi connectivity index (χ0v) is 13.7. The van der Waals surface area contributed by atoms with Gasteiger partial charge in [-0.1, -0.05) is 55.7 Å². The number of carbonyl (C=O) groups excluding carboxylic acids is 1. The van der Waals surface area contributed by atoms with Crippen LogP contribution in [0.15, 0.2) is 70.5 Å². The molecule has 0 aromatic heterocycles. The van der Waals surface area contributed by atoms with Crippen molar-refractivity contribution in [2.45, 2.75) is 41.9 Å². The van der Waals surface area contributed by atoms with Gasteiger partial charge in [-0.15, -0.1) is 0 Å². The molecule has 0 unspecified atom stereocenters. The zero-order valence-electron chi connectivity index (χ0n) is 12.9. The minimum absolute atomic E-state index is 0.133. The first kappa shape index (κ1) is 15.4. The molecule has 0 radical (unpaired) electrons. The lowest BCUT2D eigenvalue weighted by atomic mass is 9.87. The Morgan fingerprint density at radius 1 is 0.818 bits per heavy atom. The highest BCUT2D eigenvalue weighted by molar-refractivity contribution is 7.97.